The molecule has 1 saturated carbocycles. The Morgan fingerprint density at radius 1 is 1.00 bits per heavy atom. The summed E-state index contributed by atoms with van der Waals surface area (Å²) in [7, 11) is 0. The van der Waals surface area contributed by atoms with Crippen molar-refractivity contribution in [1.82, 2.24) is 4.57 Å². The molecule has 3 N–H and O–H groups in total. The number of nitrogens with zero attached hydrogens (tertiary/aromatic N) is 2. The molecular weight excluding hydrogens is 436 g/mol. The fourth-order valence-electron chi connectivity index (χ4n) is 6.32. The van der Waals surface area contributed by atoms with E-state index in [0.29, 0.717) is 18.3 Å². The van der Waals surface area contributed by atoms with Gasteiger partial charge in [0.25, 0.3) is 0 Å². The van der Waals surface area contributed by atoms with Crippen molar-refractivity contribution in [3.8, 4) is 11.8 Å². The van der Waals surface area contributed by atoms with Crippen LogP contribution in [-0.2, 0) is 20.9 Å². The van der Waals surface area contributed by atoms with Gasteiger partial charge in [0.2, 0.25) is 0 Å². The number of rotatable bonds is 7. The van der Waals surface area contributed by atoms with Gasteiger partial charge >= 0.3 is 5.97 Å². The van der Waals surface area contributed by atoms with Gasteiger partial charge in [-0.25, -0.2) is 0 Å². The van der Waals surface area contributed by atoms with Crippen LogP contribution in [0.4, 0.5) is 0 Å². The van der Waals surface area contributed by atoms with Gasteiger partial charge in [-0.3, -0.25) is 23.9 Å². The molecule has 5 aliphatic carbocycles. The van der Waals surface area contributed by atoms with Crippen LogP contribution >= 0.6 is 0 Å². The van der Waals surface area contributed by atoms with E-state index in [-0.39, 0.29) is 66.7 Å². The van der Waals surface area contributed by atoms with E-state index < -0.39 is 23.8 Å². The van der Waals surface area contributed by atoms with Gasteiger partial charge in [0.15, 0.2) is 11.8 Å². The Kier molecular flexibility index (Phi) is 5.30. The number of aliphatic imine (C=N–C) groups is 1. The van der Waals surface area contributed by atoms with Crippen molar-refractivity contribution < 1.29 is 29.7 Å². The minimum atomic E-state index is -1.13. The van der Waals surface area contributed by atoms with Gasteiger partial charge in [-0.1, -0.05) is 38.2 Å². The normalized spacial score (nSPS) is 29.2. The number of ketones is 2. The summed E-state index contributed by atoms with van der Waals surface area (Å²) in [6.07, 6.45) is 9.65. The highest BCUT2D eigenvalue weighted by atomic mass is 16.4. The van der Waals surface area contributed by atoms with E-state index in [1.807, 2.05) is 13.8 Å². The molecule has 6 rings (SSSR count). The number of aromatic nitrogens is 1. The smallest absolute Gasteiger partial charge is 0.325 e. The second kappa shape index (κ2) is 7.96. The van der Waals surface area contributed by atoms with Crippen molar-refractivity contribution in [2.24, 2.45) is 28.2 Å². The molecule has 1 aromatic heterocycles. The highest BCUT2D eigenvalue weighted by Gasteiger charge is 2.49. The number of carbonyl (C=O) groups is 3. The lowest BCUT2D eigenvalue weighted by molar-refractivity contribution is -0.137. The molecule has 4 atom stereocenters. The maximum absolute atomic E-state index is 12.8. The maximum Gasteiger partial charge on any atom is 0.325 e. The van der Waals surface area contributed by atoms with Gasteiger partial charge < -0.3 is 15.3 Å². The zero-order valence-electron chi connectivity index (χ0n) is 19.4. The summed E-state index contributed by atoms with van der Waals surface area (Å²) in [4.78, 5) is 40.8. The number of hydrogen-bond acceptors (Lipinski definition) is 6. The molecule has 0 aromatic carbocycles. The lowest BCUT2D eigenvalue weighted by atomic mass is 9.56. The van der Waals surface area contributed by atoms with Gasteiger partial charge in [0, 0.05) is 48.1 Å². The highest BCUT2D eigenvalue weighted by molar-refractivity contribution is 6.22. The summed E-state index contributed by atoms with van der Waals surface area (Å²) in [5.74, 6) is -1.66. The van der Waals surface area contributed by atoms with Crippen molar-refractivity contribution in [3.05, 3.63) is 35.4 Å². The summed E-state index contributed by atoms with van der Waals surface area (Å²) in [5.41, 5.74) is 1.45. The molecular formula is C26H30N2O6. The molecule has 1 heterocycles. The van der Waals surface area contributed by atoms with Crippen LogP contribution in [0.3, 0.4) is 0 Å². The van der Waals surface area contributed by atoms with Crippen molar-refractivity contribution in [2.45, 2.75) is 57.9 Å². The Bertz CT molecular complexity index is 1100. The number of aromatic hydroxyl groups is 2. The predicted octanol–water partition coefficient (Wildman–Crippen LogP) is 3.33. The van der Waals surface area contributed by atoms with E-state index in [2.05, 4.69) is 29.3 Å². The van der Waals surface area contributed by atoms with Crippen LogP contribution in [0.25, 0.3) is 0 Å². The molecule has 1 fully saturated rings. The minimum Gasteiger partial charge on any atom is -0.494 e. The third-order valence-corrected chi connectivity index (χ3v) is 7.82. The first-order valence-electron chi connectivity index (χ1n) is 11.9. The second-order valence-electron chi connectivity index (χ2n) is 10.8. The largest absolute Gasteiger partial charge is 0.494 e. The number of carbonyl (C=O) groups excluding carboxylic acids is 2. The Balaban J connectivity index is 1.35. The quantitative estimate of drug-likeness (QED) is 0.321. The average molecular weight is 467 g/mol. The molecule has 8 nitrogen and oxygen atoms in total. The monoisotopic (exact) mass is 466 g/mol. The summed E-state index contributed by atoms with van der Waals surface area (Å²) < 4.78 is 1.49. The van der Waals surface area contributed by atoms with Crippen LogP contribution in [0.15, 0.2) is 29.3 Å². The van der Waals surface area contributed by atoms with E-state index in [4.69, 9.17) is 5.11 Å². The Morgan fingerprint density at radius 2 is 1.53 bits per heavy atom. The Morgan fingerprint density at radius 3 is 2.00 bits per heavy atom. The van der Waals surface area contributed by atoms with Gasteiger partial charge in [0.1, 0.15) is 24.0 Å². The summed E-state index contributed by atoms with van der Waals surface area (Å²) in [6, 6.07) is 0. The van der Waals surface area contributed by atoms with Crippen molar-refractivity contribution in [1.29, 1.82) is 0 Å². The third kappa shape index (κ3) is 3.51. The molecule has 0 aliphatic heterocycles. The van der Waals surface area contributed by atoms with Crippen molar-refractivity contribution in [3.63, 3.8) is 0 Å². The molecule has 180 valence electrons. The van der Waals surface area contributed by atoms with Gasteiger partial charge in [-0.15, -0.1) is 0 Å². The van der Waals surface area contributed by atoms with Crippen LogP contribution < -0.4 is 0 Å². The number of Topliss-reactive ketones (excluding diaryl/α,β-unsaturated/α-hetero) is 2. The SMILES string of the molecule is CC1(C)CC(=O)C(C(CCCn2c(O)c3c(c2O)C2C=CC3C3C=CC23)=NCC(=O)O)C(=O)C1. The first kappa shape index (κ1) is 22.6. The highest BCUT2D eigenvalue weighted by Crippen LogP contribution is 2.61. The first-order valence-corrected chi connectivity index (χ1v) is 11.9. The molecule has 34 heavy (non-hydrogen) atoms. The molecule has 0 radical (unpaired) electrons. The molecule has 1 aromatic rings. The van der Waals surface area contributed by atoms with E-state index in [9.17, 15) is 24.6 Å². The van der Waals surface area contributed by atoms with Crippen LogP contribution in [-0.4, -0.2) is 49.7 Å². The van der Waals surface area contributed by atoms with Crippen LogP contribution in [0.5, 0.6) is 11.8 Å². The third-order valence-electron chi connectivity index (χ3n) is 7.82. The van der Waals surface area contributed by atoms with Crippen LogP contribution in [0.1, 0.15) is 62.5 Å². The molecule has 0 spiro atoms. The van der Waals surface area contributed by atoms with Gasteiger partial charge in [-0.2, -0.15) is 0 Å². The van der Waals surface area contributed by atoms with Gasteiger partial charge in [0.05, 0.1) is 0 Å². The molecule has 0 saturated heterocycles. The molecule has 5 aliphatic rings. The minimum absolute atomic E-state index is 0.0516. The van der Waals surface area contributed by atoms with Crippen molar-refractivity contribution in [2.75, 3.05) is 6.54 Å². The second-order valence-corrected chi connectivity index (χ2v) is 10.8. The number of aliphatic carboxylic acids is 1. The fraction of sp³-hybridized carbons (Fsp3) is 0.538. The van der Waals surface area contributed by atoms with Gasteiger partial charge in [-0.05, 0) is 30.1 Å². The Labute approximate surface area is 197 Å². The first-order chi connectivity index (χ1) is 16.1. The molecule has 2 bridgehead atoms. The number of carboxylic acids is 1. The standard InChI is InChI=1S/C26H30N2O6/c1-26(2)10-18(29)23(19(30)11-26)17(27-12-20(31)32)4-3-9-28-24(33)21-15-7-8-16(22(21)25(28)34)14-6-5-13(14)15/h5-8,13-16,23,33-34H,3-4,9-12H2,1-2H3,(H,31,32). The Hall–Kier alpha value is -3.16. The van der Waals surface area contributed by atoms with Crippen LogP contribution in [0.2, 0.25) is 0 Å². The zero-order chi connectivity index (χ0) is 24.4. The average Bonchev–Trinajstić information content (AvgIpc) is 2.96. The maximum atomic E-state index is 12.8. The van der Waals surface area contributed by atoms with Crippen molar-refractivity contribution >= 4 is 23.2 Å². The lowest BCUT2D eigenvalue weighted by Crippen LogP contribution is -2.42. The zero-order valence-corrected chi connectivity index (χ0v) is 19.4. The van der Waals surface area contributed by atoms with E-state index in [0.717, 1.165) is 11.1 Å². The van der Waals surface area contributed by atoms with Crippen LogP contribution in [0, 0.1) is 23.2 Å². The topological polar surface area (TPSA) is 129 Å². The summed E-state index contributed by atoms with van der Waals surface area (Å²) in [5, 5.41) is 31.0. The van der Waals surface area contributed by atoms with E-state index in [1.54, 1.807) is 0 Å². The summed E-state index contributed by atoms with van der Waals surface area (Å²) >= 11 is 0. The molecule has 8 heteroatoms. The number of allylic oxidation sites excluding steroid dienone is 4. The van der Waals surface area contributed by atoms with E-state index in [1.165, 1.54) is 4.57 Å². The summed E-state index contributed by atoms with van der Waals surface area (Å²) in [6.45, 7) is 3.50. The molecule has 4 unspecified atom stereocenters. The number of carboxylic acid groups (broad SMARTS) is 1. The number of hydrogen-bond donors (Lipinski definition) is 3. The van der Waals surface area contributed by atoms with E-state index >= 15 is 0 Å². The molecule has 0 amide bonds. The fourth-order valence-corrected chi connectivity index (χ4v) is 6.32. The lowest BCUT2D eigenvalue weighted by Gasteiger charge is -2.47. The predicted molar refractivity (Wildman–Crippen MR) is 124 cm³/mol.